The minimum Gasteiger partial charge on any atom is -0.490 e. The van der Waals surface area contributed by atoms with Gasteiger partial charge in [0, 0.05) is 31.2 Å². The van der Waals surface area contributed by atoms with E-state index < -0.39 is 5.60 Å². The maximum Gasteiger partial charge on any atom is 0.410 e. The Hall–Kier alpha value is -1.35. The van der Waals surface area contributed by atoms with Crippen LogP contribution in [-0.2, 0) is 4.74 Å². The smallest absolute Gasteiger partial charge is 0.410 e. The summed E-state index contributed by atoms with van der Waals surface area (Å²) < 4.78 is 24.3. The van der Waals surface area contributed by atoms with Gasteiger partial charge in [0.05, 0.1) is 0 Å². The lowest BCUT2D eigenvalue weighted by atomic mass is 10.1. The van der Waals surface area contributed by atoms with Crippen LogP contribution in [0.25, 0.3) is 0 Å². The Bertz CT molecular complexity index is 538. The maximum atomic E-state index is 13.1. The van der Waals surface area contributed by atoms with Gasteiger partial charge < -0.3 is 14.4 Å². The first-order valence-electron chi connectivity index (χ1n) is 8.44. The fourth-order valence-corrected chi connectivity index (χ4v) is 2.61. The molecule has 2 rings (SSSR count). The van der Waals surface area contributed by atoms with Crippen molar-refractivity contribution in [3.05, 3.63) is 24.0 Å². The third-order valence-electron chi connectivity index (χ3n) is 3.36. The molecular weight excluding hydrogens is 328 g/mol. The first kappa shape index (κ1) is 20.7. The molecular formula is C18H29FNO3P. The second kappa shape index (κ2) is 9.22. The van der Waals surface area contributed by atoms with Crippen LogP contribution < -0.4 is 10.0 Å². The van der Waals surface area contributed by atoms with E-state index in [0.717, 1.165) is 12.8 Å². The van der Waals surface area contributed by atoms with Crippen LogP contribution in [0.2, 0.25) is 0 Å². The van der Waals surface area contributed by atoms with E-state index in [0.29, 0.717) is 24.1 Å². The molecule has 1 aliphatic heterocycles. The number of hydrogen-bond acceptors (Lipinski definition) is 3. The number of benzene rings is 1. The molecule has 24 heavy (non-hydrogen) atoms. The highest BCUT2D eigenvalue weighted by molar-refractivity contribution is 7.27. The second-order valence-electron chi connectivity index (χ2n) is 6.47. The number of nitrogens with zero attached hydrogens (tertiary/aromatic N) is 1. The molecule has 0 aromatic heterocycles. The quantitative estimate of drug-likeness (QED) is 0.747. The van der Waals surface area contributed by atoms with E-state index in [2.05, 4.69) is 9.24 Å². The molecule has 1 heterocycles. The number of carbonyl (C=O) groups excluding carboxylic acids is 1. The third-order valence-corrected chi connectivity index (χ3v) is 3.81. The first-order chi connectivity index (χ1) is 11.2. The molecule has 1 saturated heterocycles. The molecule has 1 aromatic rings. The van der Waals surface area contributed by atoms with Crippen molar-refractivity contribution in [3.63, 3.8) is 0 Å². The largest absolute Gasteiger partial charge is 0.490 e. The summed E-state index contributed by atoms with van der Waals surface area (Å²) in [5.74, 6) is 0.388. The van der Waals surface area contributed by atoms with Gasteiger partial charge in [0.25, 0.3) is 0 Å². The van der Waals surface area contributed by atoms with Crippen molar-refractivity contribution in [1.82, 2.24) is 4.90 Å². The van der Waals surface area contributed by atoms with Gasteiger partial charge in [-0.05, 0) is 39.0 Å². The van der Waals surface area contributed by atoms with Crippen molar-refractivity contribution in [2.24, 2.45) is 0 Å². The Balaban J connectivity index is 0.00000139. The Kier molecular flexibility index (Phi) is 7.95. The van der Waals surface area contributed by atoms with Gasteiger partial charge in [0.15, 0.2) is 0 Å². The van der Waals surface area contributed by atoms with Gasteiger partial charge in [-0.3, -0.25) is 0 Å². The van der Waals surface area contributed by atoms with E-state index in [4.69, 9.17) is 9.47 Å². The van der Waals surface area contributed by atoms with E-state index in [9.17, 15) is 9.18 Å². The van der Waals surface area contributed by atoms with Gasteiger partial charge in [-0.2, -0.15) is 0 Å². The summed E-state index contributed by atoms with van der Waals surface area (Å²) in [6.45, 7) is 10.8. The molecule has 6 heteroatoms. The molecule has 1 aliphatic rings. The molecule has 0 aliphatic carbocycles. The molecule has 1 aromatic carbocycles. The fraction of sp³-hybridized carbons (Fsp3) is 0.611. The first-order valence-corrected chi connectivity index (χ1v) is 9.02. The number of rotatable bonds is 2. The molecule has 4 nitrogen and oxygen atoms in total. The molecule has 0 saturated carbocycles. The normalized spacial score (nSPS) is 15.4. The Morgan fingerprint density at radius 3 is 2.33 bits per heavy atom. The van der Waals surface area contributed by atoms with Crippen LogP contribution in [-0.4, -0.2) is 35.8 Å². The van der Waals surface area contributed by atoms with Gasteiger partial charge in [0.2, 0.25) is 0 Å². The number of ether oxygens (including phenoxy) is 2. The zero-order chi connectivity index (χ0) is 18.3. The van der Waals surface area contributed by atoms with Crippen molar-refractivity contribution >= 4 is 20.6 Å². The average molecular weight is 357 g/mol. The minimum absolute atomic E-state index is 0.0310. The summed E-state index contributed by atoms with van der Waals surface area (Å²) in [5, 5.41) is 0.703. The zero-order valence-corrected chi connectivity index (χ0v) is 16.4. The van der Waals surface area contributed by atoms with Crippen molar-refractivity contribution < 1.29 is 18.7 Å². The molecule has 0 radical (unpaired) electrons. The van der Waals surface area contributed by atoms with Crippen molar-refractivity contribution in [2.45, 2.75) is 59.2 Å². The molecule has 1 fully saturated rings. The third kappa shape index (κ3) is 6.64. The molecule has 136 valence electrons. The average Bonchev–Trinajstić information content (AvgIpc) is 2.51. The topological polar surface area (TPSA) is 38.8 Å². The molecule has 0 N–H and O–H groups in total. The van der Waals surface area contributed by atoms with Crippen LogP contribution >= 0.6 is 9.24 Å². The summed E-state index contributed by atoms with van der Waals surface area (Å²) in [7, 11) is 2.48. The van der Waals surface area contributed by atoms with E-state index in [1.807, 2.05) is 34.6 Å². The monoisotopic (exact) mass is 357 g/mol. The summed E-state index contributed by atoms with van der Waals surface area (Å²) in [5.41, 5.74) is -0.479. The fourth-order valence-electron chi connectivity index (χ4n) is 2.29. The van der Waals surface area contributed by atoms with Gasteiger partial charge in [0.1, 0.15) is 23.3 Å². The Labute approximate surface area is 146 Å². The number of halogens is 1. The van der Waals surface area contributed by atoms with E-state index >= 15 is 0 Å². The highest BCUT2D eigenvalue weighted by atomic mass is 31.0. The van der Waals surface area contributed by atoms with E-state index in [1.165, 1.54) is 12.1 Å². The van der Waals surface area contributed by atoms with Gasteiger partial charge in [-0.1, -0.05) is 13.8 Å². The predicted molar refractivity (Wildman–Crippen MR) is 98.5 cm³/mol. The molecule has 0 bridgehead atoms. The van der Waals surface area contributed by atoms with Crippen molar-refractivity contribution in [3.8, 4) is 5.75 Å². The van der Waals surface area contributed by atoms with Crippen LogP contribution in [0.3, 0.4) is 0 Å². The number of hydrogen-bond donors (Lipinski definition) is 0. The standard InChI is InChI=1S/C16H23FNO3P.C2H6/c1-16(2,3)21-15(19)18-8-6-12(7-9-18)20-13-5-4-11(17)10-14(13)22;1-2/h4-5,10,12H,6-9,22H2,1-3H3;1-2H3. The number of piperidine rings is 1. The second-order valence-corrected chi connectivity index (χ2v) is 7.09. The lowest BCUT2D eigenvalue weighted by Crippen LogP contribution is -2.44. The Morgan fingerprint density at radius 2 is 1.83 bits per heavy atom. The molecule has 0 spiro atoms. The van der Waals surface area contributed by atoms with E-state index in [1.54, 1.807) is 11.0 Å². The highest BCUT2D eigenvalue weighted by Crippen LogP contribution is 2.21. The van der Waals surface area contributed by atoms with Crippen molar-refractivity contribution in [1.29, 1.82) is 0 Å². The lowest BCUT2D eigenvalue weighted by molar-refractivity contribution is 0.0127. The zero-order valence-electron chi connectivity index (χ0n) is 15.3. The molecule has 1 unspecified atom stereocenters. The minimum atomic E-state index is -0.479. The van der Waals surface area contributed by atoms with Gasteiger partial charge in [-0.15, -0.1) is 9.24 Å². The van der Waals surface area contributed by atoms with Crippen molar-refractivity contribution in [2.75, 3.05) is 13.1 Å². The SMILES string of the molecule is CC.CC(C)(C)OC(=O)N1CCC(Oc2ccc(F)cc2P)CC1. The van der Waals surface area contributed by atoms with Gasteiger partial charge >= 0.3 is 6.09 Å². The lowest BCUT2D eigenvalue weighted by Gasteiger charge is -2.33. The summed E-state index contributed by atoms with van der Waals surface area (Å²) in [6, 6.07) is 4.45. The molecule has 1 amide bonds. The van der Waals surface area contributed by atoms with Gasteiger partial charge in [-0.25, -0.2) is 9.18 Å². The summed E-state index contributed by atoms with van der Waals surface area (Å²) in [6.07, 6.45) is 1.23. The maximum absolute atomic E-state index is 13.1. The summed E-state index contributed by atoms with van der Waals surface area (Å²) in [4.78, 5) is 13.7. The number of amides is 1. The Morgan fingerprint density at radius 1 is 1.25 bits per heavy atom. The van der Waals surface area contributed by atoms with Crippen LogP contribution in [0.1, 0.15) is 47.5 Å². The highest BCUT2D eigenvalue weighted by Gasteiger charge is 2.27. The van der Waals surface area contributed by atoms with Crippen LogP contribution in [0.5, 0.6) is 5.75 Å². The van der Waals surface area contributed by atoms with Crippen LogP contribution in [0.4, 0.5) is 9.18 Å². The number of carbonyl (C=O) groups is 1. The molecule has 1 atom stereocenters. The van der Waals surface area contributed by atoms with Crippen LogP contribution in [0, 0.1) is 5.82 Å². The predicted octanol–water partition coefficient (Wildman–Crippen LogP) is 4.13. The van der Waals surface area contributed by atoms with Crippen LogP contribution in [0.15, 0.2) is 18.2 Å². The van der Waals surface area contributed by atoms with E-state index in [-0.39, 0.29) is 18.0 Å². The summed E-state index contributed by atoms with van der Waals surface area (Å²) >= 11 is 0. The number of likely N-dealkylation sites (tertiary alicyclic amines) is 1.